The molecule has 0 saturated carbocycles. The van der Waals surface area contributed by atoms with Gasteiger partial charge in [0, 0.05) is 45.7 Å². The summed E-state index contributed by atoms with van der Waals surface area (Å²) in [5, 5.41) is 8.61. The molecule has 5 heteroatoms. The average Bonchev–Trinajstić information content (AvgIpc) is 2.94. The van der Waals surface area contributed by atoms with Crippen molar-refractivity contribution in [1.82, 2.24) is 9.80 Å². The zero-order chi connectivity index (χ0) is 13.8. The predicted octanol–water partition coefficient (Wildman–Crippen LogP) is 1.45. The third-order valence-corrected chi connectivity index (χ3v) is 3.85. The molecule has 0 unspecified atom stereocenters. The second-order valence-corrected chi connectivity index (χ2v) is 5.21. The van der Waals surface area contributed by atoms with Gasteiger partial charge < -0.3 is 9.47 Å². The second kappa shape index (κ2) is 6.12. The quantitative estimate of drug-likeness (QED) is 0.831. The van der Waals surface area contributed by atoms with Crippen LogP contribution in [0.4, 0.5) is 0 Å². The van der Waals surface area contributed by atoms with E-state index in [2.05, 4.69) is 28.0 Å². The van der Waals surface area contributed by atoms with E-state index in [0.717, 1.165) is 50.8 Å². The van der Waals surface area contributed by atoms with Gasteiger partial charge in [-0.3, -0.25) is 9.80 Å². The molecule has 2 heterocycles. The lowest BCUT2D eigenvalue weighted by molar-refractivity contribution is 0.129. The Morgan fingerprint density at radius 3 is 2.60 bits per heavy atom. The van der Waals surface area contributed by atoms with Gasteiger partial charge in [-0.1, -0.05) is 6.07 Å². The van der Waals surface area contributed by atoms with E-state index in [1.165, 1.54) is 5.56 Å². The number of nitriles is 1. The highest BCUT2D eigenvalue weighted by Gasteiger charge is 2.18. The Bertz CT molecular complexity index is 504. The number of ether oxygens (including phenoxy) is 2. The van der Waals surface area contributed by atoms with E-state index in [1.807, 2.05) is 6.07 Å². The first-order valence-corrected chi connectivity index (χ1v) is 7.05. The molecule has 1 saturated heterocycles. The molecule has 3 rings (SSSR count). The third-order valence-electron chi connectivity index (χ3n) is 3.85. The maximum absolute atomic E-state index is 8.61. The van der Waals surface area contributed by atoms with Gasteiger partial charge in [-0.25, -0.2) is 0 Å². The molecule has 20 heavy (non-hydrogen) atoms. The van der Waals surface area contributed by atoms with E-state index in [0.29, 0.717) is 13.2 Å². The minimum Gasteiger partial charge on any atom is -0.454 e. The molecule has 1 aromatic rings. The molecule has 0 aromatic heterocycles. The van der Waals surface area contributed by atoms with Crippen LogP contribution in [0.15, 0.2) is 18.2 Å². The SMILES string of the molecule is N#CCCN1CCN(Cc2ccc3c(c2)OCO3)CC1. The van der Waals surface area contributed by atoms with Crippen LogP contribution in [0, 0.1) is 11.3 Å². The van der Waals surface area contributed by atoms with Gasteiger partial charge in [-0.05, 0) is 17.7 Å². The molecule has 106 valence electrons. The molecule has 0 aliphatic carbocycles. The summed E-state index contributed by atoms with van der Waals surface area (Å²) in [6.45, 7) is 6.38. The fourth-order valence-corrected chi connectivity index (χ4v) is 2.68. The summed E-state index contributed by atoms with van der Waals surface area (Å²) >= 11 is 0. The minimum atomic E-state index is 0.330. The van der Waals surface area contributed by atoms with Crippen molar-refractivity contribution < 1.29 is 9.47 Å². The van der Waals surface area contributed by atoms with Gasteiger partial charge in [0.1, 0.15) is 0 Å². The number of nitrogens with zero attached hydrogens (tertiary/aromatic N) is 3. The Hall–Kier alpha value is -1.77. The number of hydrogen-bond acceptors (Lipinski definition) is 5. The highest BCUT2D eigenvalue weighted by atomic mass is 16.7. The molecule has 0 spiro atoms. The smallest absolute Gasteiger partial charge is 0.231 e. The van der Waals surface area contributed by atoms with Gasteiger partial charge in [0.15, 0.2) is 11.5 Å². The monoisotopic (exact) mass is 273 g/mol. The number of fused-ring (bicyclic) bond motifs is 1. The van der Waals surface area contributed by atoms with Gasteiger partial charge in [0.25, 0.3) is 0 Å². The van der Waals surface area contributed by atoms with Crippen LogP contribution >= 0.6 is 0 Å². The number of hydrogen-bond donors (Lipinski definition) is 0. The van der Waals surface area contributed by atoms with E-state index >= 15 is 0 Å². The Morgan fingerprint density at radius 2 is 1.80 bits per heavy atom. The number of rotatable bonds is 4. The Kier molecular flexibility index (Phi) is 4.05. The molecule has 2 aliphatic heterocycles. The van der Waals surface area contributed by atoms with Crippen LogP contribution in [0.1, 0.15) is 12.0 Å². The summed E-state index contributed by atoms with van der Waals surface area (Å²) in [6, 6.07) is 8.38. The van der Waals surface area contributed by atoms with E-state index in [1.54, 1.807) is 0 Å². The van der Waals surface area contributed by atoms with Gasteiger partial charge in [0.05, 0.1) is 6.07 Å². The summed E-state index contributed by atoms with van der Waals surface area (Å²) < 4.78 is 10.7. The summed E-state index contributed by atoms with van der Waals surface area (Å²) in [5.74, 6) is 1.70. The fraction of sp³-hybridized carbons (Fsp3) is 0.533. The zero-order valence-electron chi connectivity index (χ0n) is 11.5. The van der Waals surface area contributed by atoms with Crippen molar-refractivity contribution in [1.29, 1.82) is 5.26 Å². The van der Waals surface area contributed by atoms with Gasteiger partial charge >= 0.3 is 0 Å². The maximum Gasteiger partial charge on any atom is 0.231 e. The van der Waals surface area contributed by atoms with Crippen LogP contribution in [0.2, 0.25) is 0 Å². The highest BCUT2D eigenvalue weighted by Crippen LogP contribution is 2.32. The van der Waals surface area contributed by atoms with Crippen molar-refractivity contribution in [3.05, 3.63) is 23.8 Å². The number of benzene rings is 1. The van der Waals surface area contributed by atoms with Crippen LogP contribution in [-0.2, 0) is 6.54 Å². The van der Waals surface area contributed by atoms with Crippen LogP contribution < -0.4 is 9.47 Å². The van der Waals surface area contributed by atoms with E-state index in [-0.39, 0.29) is 0 Å². The number of piperazine rings is 1. The summed E-state index contributed by atoms with van der Waals surface area (Å²) in [5.41, 5.74) is 1.26. The van der Waals surface area contributed by atoms with Crippen molar-refractivity contribution in [2.24, 2.45) is 0 Å². The first kappa shape index (κ1) is 13.2. The lowest BCUT2D eigenvalue weighted by Gasteiger charge is -2.34. The fourth-order valence-electron chi connectivity index (χ4n) is 2.68. The van der Waals surface area contributed by atoms with E-state index in [9.17, 15) is 0 Å². The van der Waals surface area contributed by atoms with Crippen LogP contribution in [0.3, 0.4) is 0 Å². The predicted molar refractivity (Wildman–Crippen MR) is 74.5 cm³/mol. The zero-order valence-corrected chi connectivity index (χ0v) is 11.5. The van der Waals surface area contributed by atoms with Crippen molar-refractivity contribution in [3.8, 4) is 17.6 Å². The average molecular weight is 273 g/mol. The van der Waals surface area contributed by atoms with Crippen molar-refractivity contribution in [2.45, 2.75) is 13.0 Å². The van der Waals surface area contributed by atoms with E-state index < -0.39 is 0 Å². The van der Waals surface area contributed by atoms with Crippen LogP contribution in [0.5, 0.6) is 11.5 Å². The molecule has 0 N–H and O–H groups in total. The molecule has 2 aliphatic rings. The maximum atomic E-state index is 8.61. The van der Waals surface area contributed by atoms with Crippen molar-refractivity contribution >= 4 is 0 Å². The highest BCUT2D eigenvalue weighted by molar-refractivity contribution is 5.44. The standard InChI is InChI=1S/C15H19N3O2/c16-4-1-5-17-6-8-18(9-7-17)11-13-2-3-14-15(10-13)20-12-19-14/h2-3,10H,1,5-9,11-12H2. The molecule has 1 aromatic carbocycles. The van der Waals surface area contributed by atoms with Gasteiger partial charge in [-0.2, -0.15) is 5.26 Å². The van der Waals surface area contributed by atoms with E-state index in [4.69, 9.17) is 14.7 Å². The van der Waals surface area contributed by atoms with Gasteiger partial charge in [0.2, 0.25) is 6.79 Å². The molecule has 0 amide bonds. The summed E-state index contributed by atoms with van der Waals surface area (Å²) in [4.78, 5) is 4.81. The Morgan fingerprint density at radius 1 is 1.05 bits per heavy atom. The van der Waals surface area contributed by atoms with Crippen molar-refractivity contribution in [2.75, 3.05) is 39.5 Å². The molecule has 5 nitrogen and oxygen atoms in total. The van der Waals surface area contributed by atoms with Crippen LogP contribution in [-0.4, -0.2) is 49.3 Å². The third kappa shape index (κ3) is 3.03. The lowest BCUT2D eigenvalue weighted by Crippen LogP contribution is -2.46. The molecular formula is C15H19N3O2. The van der Waals surface area contributed by atoms with Crippen LogP contribution in [0.25, 0.3) is 0 Å². The first-order chi connectivity index (χ1) is 9.85. The molecule has 0 radical (unpaired) electrons. The summed E-state index contributed by atoms with van der Waals surface area (Å²) in [7, 11) is 0. The minimum absolute atomic E-state index is 0.330. The van der Waals surface area contributed by atoms with Gasteiger partial charge in [-0.15, -0.1) is 0 Å². The molecule has 0 atom stereocenters. The topological polar surface area (TPSA) is 48.7 Å². The molecule has 0 bridgehead atoms. The summed E-state index contributed by atoms with van der Waals surface area (Å²) in [6.07, 6.45) is 0.627. The largest absolute Gasteiger partial charge is 0.454 e. The normalized spacial score (nSPS) is 18.9. The first-order valence-electron chi connectivity index (χ1n) is 7.05. The Labute approximate surface area is 119 Å². The van der Waals surface area contributed by atoms with Crippen molar-refractivity contribution in [3.63, 3.8) is 0 Å². The molecule has 1 fully saturated rings. The second-order valence-electron chi connectivity index (χ2n) is 5.21. The Balaban J connectivity index is 1.51. The molecular weight excluding hydrogens is 254 g/mol. The lowest BCUT2D eigenvalue weighted by atomic mass is 10.1.